The zero-order chi connectivity index (χ0) is 21.6. The lowest BCUT2D eigenvalue weighted by Gasteiger charge is -2.17. The Balaban J connectivity index is 1.55. The molecule has 7 heteroatoms. The van der Waals surface area contributed by atoms with Gasteiger partial charge in [-0.15, -0.1) is 0 Å². The summed E-state index contributed by atoms with van der Waals surface area (Å²) in [5.41, 5.74) is 5.12. The van der Waals surface area contributed by atoms with Crippen molar-refractivity contribution in [2.45, 2.75) is 48.6 Å². The van der Waals surface area contributed by atoms with Crippen LogP contribution in [0.25, 0.3) is 16.6 Å². The maximum Gasteiger partial charge on any atom is 0.100 e. The van der Waals surface area contributed by atoms with Gasteiger partial charge in [-0.05, 0) is 51.0 Å². The van der Waals surface area contributed by atoms with Crippen molar-refractivity contribution in [2.24, 2.45) is 0 Å². The molecule has 1 aliphatic heterocycles. The minimum Gasteiger partial charge on any atom is -0.310 e. The first-order valence-corrected chi connectivity index (χ1v) is 11.2. The van der Waals surface area contributed by atoms with Gasteiger partial charge >= 0.3 is 0 Å². The van der Waals surface area contributed by atoms with Crippen LogP contribution in [0.3, 0.4) is 0 Å². The first-order valence-electron chi connectivity index (χ1n) is 10.4. The van der Waals surface area contributed by atoms with Gasteiger partial charge in [0, 0.05) is 45.4 Å². The lowest BCUT2D eigenvalue weighted by molar-refractivity contribution is 0.423. The molecule has 0 spiro atoms. The first-order chi connectivity index (χ1) is 14.9. The van der Waals surface area contributed by atoms with Crippen molar-refractivity contribution in [1.82, 2.24) is 24.7 Å². The predicted octanol–water partition coefficient (Wildman–Crippen LogP) is 4.84. The number of aromatic nitrogens is 4. The van der Waals surface area contributed by atoms with Gasteiger partial charge in [-0.2, -0.15) is 15.5 Å². The van der Waals surface area contributed by atoms with Gasteiger partial charge < -0.3 is 5.32 Å². The van der Waals surface area contributed by atoms with Crippen molar-refractivity contribution in [2.75, 3.05) is 6.54 Å². The van der Waals surface area contributed by atoms with Gasteiger partial charge in [-0.3, -0.25) is 4.68 Å². The van der Waals surface area contributed by atoms with E-state index in [1.807, 2.05) is 41.2 Å². The average molecular weight is 429 g/mol. The third-order valence-electron chi connectivity index (χ3n) is 5.86. The molecule has 0 bridgehead atoms. The molecular formula is C24H24N6S. The number of nitrogens with zero attached hydrogens (tertiary/aromatic N) is 5. The number of nitrogens with one attached hydrogen (secondary N) is 1. The van der Waals surface area contributed by atoms with Crippen LogP contribution in [0.1, 0.15) is 37.4 Å². The smallest absolute Gasteiger partial charge is 0.100 e. The number of hydrogen-bond acceptors (Lipinski definition) is 5. The Labute approximate surface area is 185 Å². The lowest BCUT2D eigenvalue weighted by Crippen LogP contribution is -2.31. The summed E-state index contributed by atoms with van der Waals surface area (Å²) in [6.45, 7) is 7.45. The van der Waals surface area contributed by atoms with Crippen LogP contribution in [0.15, 0.2) is 64.9 Å². The lowest BCUT2D eigenvalue weighted by atomic mass is 10.0. The van der Waals surface area contributed by atoms with Crippen LogP contribution in [-0.4, -0.2) is 31.5 Å². The van der Waals surface area contributed by atoms with E-state index in [1.54, 1.807) is 11.8 Å². The second kappa shape index (κ2) is 7.56. The van der Waals surface area contributed by atoms with Crippen LogP contribution in [0.2, 0.25) is 0 Å². The van der Waals surface area contributed by atoms with Gasteiger partial charge in [0.15, 0.2) is 0 Å². The van der Waals surface area contributed by atoms with Gasteiger partial charge in [-0.1, -0.05) is 23.9 Å². The fraction of sp³-hybridized carbons (Fsp3) is 0.292. The van der Waals surface area contributed by atoms with Crippen LogP contribution in [0.5, 0.6) is 0 Å². The Morgan fingerprint density at radius 3 is 2.74 bits per heavy atom. The highest BCUT2D eigenvalue weighted by atomic mass is 32.2. The molecule has 1 N–H and O–H groups in total. The molecule has 0 radical (unpaired) electrons. The monoisotopic (exact) mass is 428 g/mol. The highest BCUT2D eigenvalue weighted by molar-refractivity contribution is 7.99. The fourth-order valence-electron chi connectivity index (χ4n) is 4.24. The molecule has 31 heavy (non-hydrogen) atoms. The summed E-state index contributed by atoms with van der Waals surface area (Å²) in [4.78, 5) is 2.02. The third-order valence-corrected chi connectivity index (χ3v) is 6.97. The predicted molar refractivity (Wildman–Crippen MR) is 122 cm³/mol. The molecule has 4 heterocycles. The zero-order valence-corrected chi connectivity index (χ0v) is 18.6. The van der Waals surface area contributed by atoms with E-state index in [0.29, 0.717) is 11.6 Å². The molecule has 0 amide bonds. The topological polar surface area (TPSA) is 70.9 Å². The first kappa shape index (κ1) is 19.9. The minimum absolute atomic E-state index is 0.139. The van der Waals surface area contributed by atoms with Gasteiger partial charge in [-0.25, -0.2) is 4.52 Å². The van der Waals surface area contributed by atoms with E-state index >= 15 is 0 Å². The summed E-state index contributed by atoms with van der Waals surface area (Å²) in [6.07, 6.45) is 9.05. The van der Waals surface area contributed by atoms with E-state index in [2.05, 4.69) is 65.5 Å². The molecule has 4 aromatic rings. The normalized spacial score (nSPS) is 17.8. The molecular weight excluding hydrogens is 404 g/mol. The number of pyridine rings is 1. The Kier molecular flexibility index (Phi) is 4.84. The van der Waals surface area contributed by atoms with Gasteiger partial charge in [0.1, 0.15) is 6.07 Å². The average Bonchev–Trinajstić information content (AvgIpc) is 3.47. The van der Waals surface area contributed by atoms with Gasteiger partial charge in [0.25, 0.3) is 0 Å². The summed E-state index contributed by atoms with van der Waals surface area (Å²) in [5, 5.41) is 22.3. The van der Waals surface area contributed by atoms with Crippen molar-refractivity contribution in [1.29, 1.82) is 5.26 Å². The second-order valence-corrected chi connectivity index (χ2v) is 9.84. The molecule has 0 aliphatic carbocycles. The second-order valence-electron chi connectivity index (χ2n) is 8.76. The van der Waals surface area contributed by atoms with Crippen molar-refractivity contribution in [3.05, 3.63) is 66.2 Å². The molecule has 0 saturated carbocycles. The minimum atomic E-state index is 0.139. The maximum atomic E-state index is 9.50. The highest BCUT2D eigenvalue weighted by Crippen LogP contribution is 2.37. The van der Waals surface area contributed by atoms with Gasteiger partial charge in [0.2, 0.25) is 0 Å². The molecule has 156 valence electrons. The standard InChI is InChI=1S/C24H24N6S/c1-16-11-27-30-14-18(19-12-28-29(15-19)20-9-24(2,3)26-13-20)8-22(23(16)30)31-21-7-5-4-6-17(21)10-25/h4-8,11-12,14-15,20,26H,9,13H2,1-3H3/t20-/m0/s1. The van der Waals surface area contributed by atoms with Crippen molar-refractivity contribution >= 4 is 17.3 Å². The van der Waals surface area contributed by atoms with E-state index < -0.39 is 0 Å². The van der Waals surface area contributed by atoms with E-state index in [4.69, 9.17) is 0 Å². The van der Waals surface area contributed by atoms with E-state index in [1.165, 1.54) is 0 Å². The molecule has 3 aromatic heterocycles. The molecule has 0 unspecified atom stereocenters. The fourth-order valence-corrected chi connectivity index (χ4v) is 5.38. The van der Waals surface area contributed by atoms with Crippen LogP contribution >= 0.6 is 11.8 Å². The number of hydrogen-bond donors (Lipinski definition) is 1. The Bertz CT molecular complexity index is 1310. The number of fused-ring (bicyclic) bond motifs is 1. The van der Waals surface area contributed by atoms with Crippen LogP contribution in [0, 0.1) is 18.3 Å². The van der Waals surface area contributed by atoms with E-state index in [-0.39, 0.29) is 5.54 Å². The number of benzene rings is 1. The van der Waals surface area contributed by atoms with E-state index in [9.17, 15) is 5.26 Å². The Hall–Kier alpha value is -3.08. The van der Waals surface area contributed by atoms with Crippen molar-refractivity contribution in [3.63, 3.8) is 0 Å². The van der Waals surface area contributed by atoms with Crippen molar-refractivity contribution in [3.8, 4) is 17.2 Å². The quantitative estimate of drug-likeness (QED) is 0.503. The third kappa shape index (κ3) is 3.73. The maximum absolute atomic E-state index is 9.50. The van der Waals surface area contributed by atoms with Gasteiger partial charge in [0.05, 0.1) is 29.5 Å². The zero-order valence-electron chi connectivity index (χ0n) is 17.8. The Morgan fingerprint density at radius 1 is 1.13 bits per heavy atom. The van der Waals surface area contributed by atoms with Crippen molar-refractivity contribution < 1.29 is 0 Å². The number of rotatable bonds is 4. The highest BCUT2D eigenvalue weighted by Gasteiger charge is 2.31. The summed E-state index contributed by atoms with van der Waals surface area (Å²) < 4.78 is 4.01. The molecule has 1 aliphatic rings. The summed E-state index contributed by atoms with van der Waals surface area (Å²) >= 11 is 1.61. The van der Waals surface area contributed by atoms with Crippen LogP contribution in [0.4, 0.5) is 0 Å². The SMILES string of the molecule is Cc1cnn2cc(-c3cnn([C@@H]4CNC(C)(C)C4)c3)cc(Sc3ccccc3C#N)c12. The number of aryl methyl sites for hydroxylation is 1. The summed E-state index contributed by atoms with van der Waals surface area (Å²) in [6, 6.07) is 12.5. The molecule has 1 saturated heterocycles. The summed E-state index contributed by atoms with van der Waals surface area (Å²) in [7, 11) is 0. The molecule has 5 rings (SSSR count). The molecule has 1 atom stereocenters. The largest absolute Gasteiger partial charge is 0.310 e. The van der Waals surface area contributed by atoms with Crippen LogP contribution < -0.4 is 5.32 Å². The summed E-state index contributed by atoms with van der Waals surface area (Å²) in [5.74, 6) is 0. The molecule has 1 aromatic carbocycles. The molecule has 6 nitrogen and oxygen atoms in total. The van der Waals surface area contributed by atoms with Crippen LogP contribution in [-0.2, 0) is 0 Å². The van der Waals surface area contributed by atoms with E-state index in [0.717, 1.165) is 45.0 Å². The molecule has 1 fully saturated rings. The Morgan fingerprint density at radius 2 is 1.97 bits per heavy atom. The number of nitriles is 1.